The highest BCUT2D eigenvalue weighted by atomic mass is 32.2. The second-order valence-corrected chi connectivity index (χ2v) is 9.81. The fourth-order valence-corrected chi connectivity index (χ4v) is 6.50. The number of hydrogen-bond donors (Lipinski definition) is 0. The van der Waals surface area contributed by atoms with Crippen LogP contribution in [0.3, 0.4) is 0 Å². The first-order valence-electron chi connectivity index (χ1n) is 10.4. The third-order valence-electron chi connectivity index (χ3n) is 5.35. The van der Waals surface area contributed by atoms with E-state index in [4.69, 9.17) is 9.47 Å². The SMILES string of the molecule is C=C(C)C(=O)OCCOc1c(C)cc([S+]2c3ccccc3Cc3ccccc32)cc1C. The van der Waals surface area contributed by atoms with Crippen LogP contribution in [0, 0.1) is 13.8 Å². The van der Waals surface area contributed by atoms with E-state index in [1.807, 2.05) is 0 Å². The van der Waals surface area contributed by atoms with Gasteiger partial charge in [0.25, 0.3) is 0 Å². The van der Waals surface area contributed by atoms with E-state index in [-0.39, 0.29) is 23.5 Å². The third-order valence-corrected chi connectivity index (χ3v) is 7.73. The Morgan fingerprint density at radius 2 is 1.48 bits per heavy atom. The molecule has 0 saturated carbocycles. The largest absolute Gasteiger partial charge is 0.489 e. The molecule has 158 valence electrons. The van der Waals surface area contributed by atoms with E-state index in [0.29, 0.717) is 12.2 Å². The summed E-state index contributed by atoms with van der Waals surface area (Å²) in [4.78, 5) is 15.6. The molecule has 1 aliphatic rings. The lowest BCUT2D eigenvalue weighted by molar-refractivity contribution is -0.139. The van der Waals surface area contributed by atoms with E-state index in [0.717, 1.165) is 23.3 Å². The summed E-state index contributed by atoms with van der Waals surface area (Å²) in [6.45, 7) is 9.91. The standard InChI is InChI=1S/C27H27O3S/c1-18(2)27(28)30-14-13-29-26-19(3)15-23(16-20(26)4)31-24-11-7-5-9-21(24)17-22-10-6-8-12-25(22)31/h5-12,15-16H,1,13-14,17H2,2-4H3/q+1. The Morgan fingerprint density at radius 3 is 2.03 bits per heavy atom. The molecule has 31 heavy (non-hydrogen) atoms. The highest BCUT2D eigenvalue weighted by molar-refractivity contribution is 7.97. The second kappa shape index (κ2) is 9.03. The molecule has 1 aliphatic heterocycles. The van der Waals surface area contributed by atoms with Gasteiger partial charge in [-0.1, -0.05) is 43.0 Å². The number of carbonyl (C=O) groups excluding carboxylic acids is 1. The minimum Gasteiger partial charge on any atom is -0.489 e. The number of hydrogen-bond acceptors (Lipinski definition) is 3. The molecule has 0 bridgehead atoms. The van der Waals surface area contributed by atoms with Crippen molar-refractivity contribution in [1.29, 1.82) is 0 Å². The van der Waals surface area contributed by atoms with Crippen molar-refractivity contribution in [2.75, 3.05) is 13.2 Å². The van der Waals surface area contributed by atoms with E-state index in [2.05, 4.69) is 81.1 Å². The average Bonchev–Trinajstić information content (AvgIpc) is 2.75. The molecule has 4 heteroatoms. The van der Waals surface area contributed by atoms with E-state index in [1.165, 1.54) is 25.8 Å². The van der Waals surface area contributed by atoms with Crippen LogP contribution in [-0.4, -0.2) is 19.2 Å². The van der Waals surface area contributed by atoms with Crippen LogP contribution >= 0.6 is 0 Å². The van der Waals surface area contributed by atoms with Gasteiger partial charge in [-0.2, -0.15) is 0 Å². The molecule has 0 amide bonds. The average molecular weight is 432 g/mol. The Kier molecular flexibility index (Phi) is 6.19. The Bertz CT molecular complexity index is 1080. The molecule has 0 atom stereocenters. The van der Waals surface area contributed by atoms with Gasteiger partial charge in [-0.3, -0.25) is 0 Å². The van der Waals surface area contributed by atoms with Gasteiger partial charge < -0.3 is 9.47 Å². The number of benzene rings is 3. The van der Waals surface area contributed by atoms with Gasteiger partial charge in [0, 0.05) is 35.3 Å². The molecular weight excluding hydrogens is 404 g/mol. The quantitative estimate of drug-likeness (QED) is 0.167. The first-order chi connectivity index (χ1) is 15.0. The van der Waals surface area contributed by atoms with Gasteiger partial charge in [-0.25, -0.2) is 4.79 Å². The van der Waals surface area contributed by atoms with Crippen molar-refractivity contribution in [1.82, 2.24) is 0 Å². The molecule has 4 rings (SSSR count). The summed E-state index contributed by atoms with van der Waals surface area (Å²) in [5.41, 5.74) is 5.38. The topological polar surface area (TPSA) is 35.5 Å². The first kappa shape index (κ1) is 21.3. The van der Waals surface area contributed by atoms with Crippen LogP contribution in [-0.2, 0) is 26.8 Å². The van der Waals surface area contributed by atoms with E-state index < -0.39 is 0 Å². The van der Waals surface area contributed by atoms with Crippen molar-refractivity contribution >= 4 is 16.9 Å². The van der Waals surface area contributed by atoms with Gasteiger partial charge in [0.1, 0.15) is 19.0 Å². The molecule has 3 aromatic rings. The Hall–Kier alpha value is -2.98. The molecule has 0 saturated heterocycles. The van der Waals surface area contributed by atoms with Crippen molar-refractivity contribution < 1.29 is 14.3 Å². The van der Waals surface area contributed by atoms with Crippen molar-refractivity contribution in [3.8, 4) is 5.75 Å². The zero-order valence-electron chi connectivity index (χ0n) is 18.2. The highest BCUT2D eigenvalue weighted by Gasteiger charge is 2.37. The molecule has 0 spiro atoms. The fourth-order valence-electron chi connectivity index (χ4n) is 3.93. The lowest BCUT2D eigenvalue weighted by Gasteiger charge is -2.20. The maximum absolute atomic E-state index is 11.5. The summed E-state index contributed by atoms with van der Waals surface area (Å²) in [7, 11) is -0.140. The minimum atomic E-state index is -0.386. The first-order valence-corrected chi connectivity index (χ1v) is 11.6. The van der Waals surface area contributed by atoms with Gasteiger partial charge in [-0.15, -0.1) is 0 Å². The monoisotopic (exact) mass is 431 g/mol. The summed E-state index contributed by atoms with van der Waals surface area (Å²) in [6.07, 6.45) is 0.984. The van der Waals surface area contributed by atoms with Crippen LogP contribution < -0.4 is 4.74 Å². The predicted octanol–water partition coefficient (Wildman–Crippen LogP) is 5.80. The van der Waals surface area contributed by atoms with Crippen molar-refractivity contribution in [2.24, 2.45) is 0 Å². The molecule has 1 heterocycles. The van der Waals surface area contributed by atoms with Crippen LogP contribution in [0.5, 0.6) is 5.75 Å². The predicted molar refractivity (Wildman–Crippen MR) is 125 cm³/mol. The van der Waals surface area contributed by atoms with Crippen molar-refractivity contribution in [3.63, 3.8) is 0 Å². The Morgan fingerprint density at radius 1 is 0.935 bits per heavy atom. The van der Waals surface area contributed by atoms with Gasteiger partial charge in [0.15, 0.2) is 14.7 Å². The van der Waals surface area contributed by atoms with Crippen molar-refractivity contribution in [3.05, 3.63) is 95.1 Å². The van der Waals surface area contributed by atoms with Crippen LogP contribution in [0.15, 0.2) is 87.5 Å². The van der Waals surface area contributed by atoms with Crippen LogP contribution in [0.2, 0.25) is 0 Å². The molecule has 0 unspecified atom stereocenters. The second-order valence-electron chi connectivity index (χ2n) is 7.85. The van der Waals surface area contributed by atoms with Crippen LogP contribution in [0.4, 0.5) is 0 Å². The van der Waals surface area contributed by atoms with E-state index in [9.17, 15) is 4.79 Å². The number of esters is 1. The van der Waals surface area contributed by atoms with E-state index >= 15 is 0 Å². The van der Waals surface area contributed by atoms with E-state index in [1.54, 1.807) is 6.92 Å². The molecule has 0 N–H and O–H groups in total. The third kappa shape index (κ3) is 4.40. The summed E-state index contributed by atoms with van der Waals surface area (Å²) in [5.74, 6) is 0.473. The maximum atomic E-state index is 11.5. The van der Waals surface area contributed by atoms with Crippen LogP contribution in [0.25, 0.3) is 0 Å². The summed E-state index contributed by atoms with van der Waals surface area (Å²) < 4.78 is 11.1. The lowest BCUT2D eigenvalue weighted by atomic mass is 10.0. The lowest BCUT2D eigenvalue weighted by Crippen LogP contribution is -2.16. The zero-order valence-corrected chi connectivity index (χ0v) is 19.1. The normalized spacial score (nSPS) is 12.6. The molecule has 0 aromatic heterocycles. The number of fused-ring (bicyclic) bond motifs is 2. The Balaban J connectivity index is 1.62. The number of aryl methyl sites for hydroxylation is 2. The van der Waals surface area contributed by atoms with Gasteiger partial charge in [-0.05, 0) is 44.0 Å². The minimum absolute atomic E-state index is 0.140. The molecule has 3 nitrogen and oxygen atoms in total. The summed E-state index contributed by atoms with van der Waals surface area (Å²) in [5, 5.41) is 0. The summed E-state index contributed by atoms with van der Waals surface area (Å²) in [6, 6.07) is 22.0. The van der Waals surface area contributed by atoms with Gasteiger partial charge >= 0.3 is 5.97 Å². The summed E-state index contributed by atoms with van der Waals surface area (Å²) >= 11 is 0. The smallest absolute Gasteiger partial charge is 0.333 e. The molecule has 0 fully saturated rings. The Labute approximate surface area is 187 Å². The molecule has 3 aromatic carbocycles. The highest BCUT2D eigenvalue weighted by Crippen LogP contribution is 2.42. The molecule has 0 radical (unpaired) electrons. The fraction of sp³-hybridized carbons (Fsp3) is 0.222. The zero-order chi connectivity index (χ0) is 22.0. The number of ether oxygens (including phenoxy) is 2. The van der Waals surface area contributed by atoms with Crippen molar-refractivity contribution in [2.45, 2.75) is 41.9 Å². The van der Waals surface area contributed by atoms with Gasteiger partial charge in [0.05, 0.1) is 10.9 Å². The number of carbonyl (C=O) groups is 1. The van der Waals surface area contributed by atoms with Crippen LogP contribution in [0.1, 0.15) is 29.2 Å². The van der Waals surface area contributed by atoms with Gasteiger partial charge in [0.2, 0.25) is 0 Å². The molecular formula is C27H27O3S+. The maximum Gasteiger partial charge on any atom is 0.333 e. The molecule has 0 aliphatic carbocycles. The number of rotatable bonds is 6.